The second-order valence-electron chi connectivity index (χ2n) is 11.1. The van der Waals surface area contributed by atoms with Crippen molar-refractivity contribution in [1.82, 2.24) is 19.6 Å². The molecule has 0 bridgehead atoms. The molecule has 0 amide bonds. The quantitative estimate of drug-likeness (QED) is 0.284. The molecule has 0 saturated heterocycles. The molecular weight excluding hydrogens is 491 g/mol. The Hall–Kier alpha value is -3.23. The second kappa shape index (κ2) is 9.82. The van der Waals surface area contributed by atoms with Crippen LogP contribution in [0.2, 0.25) is 0 Å². The zero-order chi connectivity index (χ0) is 26.3. The molecule has 3 aromatic heterocycles. The van der Waals surface area contributed by atoms with Crippen LogP contribution in [-0.2, 0) is 6.42 Å². The van der Waals surface area contributed by atoms with Gasteiger partial charge in [-0.1, -0.05) is 31.8 Å². The summed E-state index contributed by atoms with van der Waals surface area (Å²) in [5, 5.41) is 7.29. The van der Waals surface area contributed by atoms with Crippen molar-refractivity contribution in [3.63, 3.8) is 0 Å². The van der Waals surface area contributed by atoms with E-state index in [1.807, 2.05) is 18.3 Å². The second-order valence-corrected chi connectivity index (χ2v) is 11.1. The number of allylic oxidation sites excluding steroid dienone is 1. The number of anilines is 1. The highest BCUT2D eigenvalue weighted by molar-refractivity contribution is 6.04. The topological polar surface area (TPSA) is 72.2 Å². The number of halogens is 3. The van der Waals surface area contributed by atoms with Gasteiger partial charge in [0.05, 0.1) is 28.4 Å². The number of nitrogens with one attached hydrogen (secondary N) is 1. The number of carbonyl (C=O) groups is 1. The molecule has 2 fully saturated rings. The van der Waals surface area contributed by atoms with Gasteiger partial charge in [-0.25, -0.2) is 14.5 Å². The Morgan fingerprint density at radius 3 is 2.63 bits per heavy atom. The van der Waals surface area contributed by atoms with Gasteiger partial charge in [0, 0.05) is 30.4 Å². The maximum atomic E-state index is 13.4. The lowest BCUT2D eigenvalue weighted by Crippen LogP contribution is -2.32. The van der Waals surface area contributed by atoms with Crippen molar-refractivity contribution >= 4 is 22.8 Å². The first-order chi connectivity index (χ1) is 18.3. The first-order valence-corrected chi connectivity index (χ1v) is 13.7. The van der Waals surface area contributed by atoms with Gasteiger partial charge < -0.3 is 5.32 Å². The maximum Gasteiger partial charge on any atom is 0.396 e. The van der Waals surface area contributed by atoms with Gasteiger partial charge in [-0.05, 0) is 68.2 Å². The standard InChI is InChI=1S/C29H32F3N5O/c30-29(31,32)28(12-13-28)18-34-27-33-16-22-21(9-5-6-10-24(22)36-27)20-11-14-37-25(15-20)23(17-35-37)26(38)19-7-3-1-2-4-8-19/h9,11,14-17,19H,1-8,10,12-13,18H2,(H,33,34,36). The van der Waals surface area contributed by atoms with Crippen LogP contribution in [0.5, 0.6) is 0 Å². The molecule has 3 heterocycles. The summed E-state index contributed by atoms with van der Waals surface area (Å²) < 4.78 is 41.8. The van der Waals surface area contributed by atoms with E-state index in [9.17, 15) is 18.0 Å². The number of aromatic nitrogens is 4. The number of hydrogen-bond acceptors (Lipinski definition) is 5. The predicted molar refractivity (Wildman–Crippen MR) is 139 cm³/mol. The van der Waals surface area contributed by atoms with Crippen LogP contribution in [0.1, 0.15) is 91.4 Å². The van der Waals surface area contributed by atoms with E-state index in [1.54, 1.807) is 16.9 Å². The van der Waals surface area contributed by atoms with Crippen LogP contribution in [-0.4, -0.2) is 38.1 Å². The smallest absolute Gasteiger partial charge is 0.353 e. The number of Topliss-reactive ketones (excluding diaryl/α,β-unsaturated/α-hetero) is 1. The van der Waals surface area contributed by atoms with E-state index in [4.69, 9.17) is 0 Å². The third kappa shape index (κ3) is 4.71. The van der Waals surface area contributed by atoms with Crippen LogP contribution in [0.3, 0.4) is 0 Å². The molecule has 0 atom stereocenters. The molecule has 0 radical (unpaired) electrons. The molecule has 6 rings (SSSR count). The fourth-order valence-electron chi connectivity index (χ4n) is 5.88. The number of hydrogen-bond donors (Lipinski definition) is 1. The van der Waals surface area contributed by atoms with Gasteiger partial charge in [0.15, 0.2) is 5.78 Å². The van der Waals surface area contributed by atoms with Gasteiger partial charge in [-0.15, -0.1) is 0 Å². The third-order valence-electron chi connectivity index (χ3n) is 8.49. The monoisotopic (exact) mass is 523 g/mol. The summed E-state index contributed by atoms with van der Waals surface area (Å²) >= 11 is 0. The van der Waals surface area contributed by atoms with Gasteiger partial charge in [0.1, 0.15) is 0 Å². The number of fused-ring (bicyclic) bond motifs is 2. The van der Waals surface area contributed by atoms with E-state index >= 15 is 0 Å². The molecule has 0 aliphatic heterocycles. The largest absolute Gasteiger partial charge is 0.396 e. The van der Waals surface area contributed by atoms with Crippen molar-refractivity contribution < 1.29 is 18.0 Å². The average molecular weight is 524 g/mol. The molecule has 0 aromatic carbocycles. The molecule has 3 aromatic rings. The number of ketones is 1. The molecule has 0 spiro atoms. The summed E-state index contributed by atoms with van der Waals surface area (Å²) in [7, 11) is 0. The molecule has 38 heavy (non-hydrogen) atoms. The minimum atomic E-state index is -4.22. The van der Waals surface area contributed by atoms with Gasteiger partial charge in [-0.2, -0.15) is 18.3 Å². The van der Waals surface area contributed by atoms with Crippen LogP contribution < -0.4 is 5.32 Å². The van der Waals surface area contributed by atoms with Crippen molar-refractivity contribution in [2.45, 2.75) is 76.8 Å². The van der Waals surface area contributed by atoms with Crippen LogP contribution in [0, 0.1) is 11.3 Å². The molecule has 6 nitrogen and oxygen atoms in total. The Bertz CT molecular complexity index is 1380. The summed E-state index contributed by atoms with van der Waals surface area (Å²) in [5.74, 6) is 0.474. The van der Waals surface area contributed by atoms with E-state index < -0.39 is 11.6 Å². The highest BCUT2D eigenvalue weighted by Crippen LogP contribution is 2.57. The fourth-order valence-corrected chi connectivity index (χ4v) is 5.88. The van der Waals surface area contributed by atoms with Gasteiger partial charge >= 0.3 is 6.18 Å². The Kier molecular flexibility index (Phi) is 6.48. The number of alkyl halides is 3. The highest BCUT2D eigenvalue weighted by atomic mass is 19.4. The van der Waals surface area contributed by atoms with E-state index in [0.29, 0.717) is 5.56 Å². The lowest BCUT2D eigenvalue weighted by atomic mass is 9.91. The molecule has 9 heteroatoms. The predicted octanol–water partition coefficient (Wildman–Crippen LogP) is 6.80. The van der Waals surface area contributed by atoms with Crippen LogP contribution in [0.15, 0.2) is 36.8 Å². The summed E-state index contributed by atoms with van der Waals surface area (Å²) in [6, 6.07) is 4.00. The fraction of sp³-hybridized carbons (Fsp3) is 0.517. The number of carbonyl (C=O) groups excluding carboxylic acids is 1. The van der Waals surface area contributed by atoms with Crippen LogP contribution >= 0.6 is 0 Å². The first-order valence-electron chi connectivity index (χ1n) is 13.7. The van der Waals surface area contributed by atoms with Crippen LogP contribution in [0.25, 0.3) is 11.1 Å². The number of aryl methyl sites for hydroxylation is 1. The molecule has 3 aliphatic carbocycles. The summed E-state index contributed by atoms with van der Waals surface area (Å²) in [5.41, 5.74) is 3.45. The van der Waals surface area contributed by atoms with Gasteiger partial charge in [-0.3, -0.25) is 4.79 Å². The first kappa shape index (κ1) is 25.1. The Balaban J connectivity index is 1.28. The molecule has 200 valence electrons. The van der Waals surface area contributed by atoms with E-state index in [0.717, 1.165) is 72.9 Å². The lowest BCUT2D eigenvalue weighted by molar-refractivity contribution is -0.182. The Morgan fingerprint density at radius 1 is 1.11 bits per heavy atom. The third-order valence-corrected chi connectivity index (χ3v) is 8.49. The van der Waals surface area contributed by atoms with Crippen molar-refractivity contribution in [1.29, 1.82) is 0 Å². The summed E-state index contributed by atoms with van der Waals surface area (Å²) in [6.07, 6.45) is 12.4. The molecule has 0 unspecified atom stereocenters. The Morgan fingerprint density at radius 2 is 1.89 bits per heavy atom. The van der Waals surface area contributed by atoms with E-state index in [2.05, 4.69) is 26.5 Å². The average Bonchev–Trinajstić information content (AvgIpc) is 3.69. The Labute approximate surface area is 219 Å². The maximum absolute atomic E-state index is 13.4. The zero-order valence-electron chi connectivity index (χ0n) is 21.4. The SMILES string of the molecule is O=C(c1cnn2ccc(C3=CCCCc4nc(NCC5(C(F)(F)F)CC5)ncc43)cc12)C1CCCCCC1. The minimum Gasteiger partial charge on any atom is -0.353 e. The number of nitrogens with zero attached hydrogens (tertiary/aromatic N) is 4. The van der Waals surface area contributed by atoms with Crippen molar-refractivity contribution in [2.75, 3.05) is 11.9 Å². The van der Waals surface area contributed by atoms with Gasteiger partial charge in [0.25, 0.3) is 0 Å². The lowest BCUT2D eigenvalue weighted by Gasteiger charge is -2.20. The zero-order valence-corrected chi connectivity index (χ0v) is 21.4. The van der Waals surface area contributed by atoms with Gasteiger partial charge in [0.2, 0.25) is 5.95 Å². The summed E-state index contributed by atoms with van der Waals surface area (Å²) in [4.78, 5) is 22.5. The summed E-state index contributed by atoms with van der Waals surface area (Å²) in [6.45, 7) is -0.201. The van der Waals surface area contributed by atoms with Crippen LogP contribution in [0.4, 0.5) is 19.1 Å². The molecule has 2 saturated carbocycles. The van der Waals surface area contributed by atoms with Crippen molar-refractivity contribution in [2.24, 2.45) is 11.3 Å². The number of rotatable bonds is 6. The van der Waals surface area contributed by atoms with E-state index in [-0.39, 0.29) is 37.0 Å². The van der Waals surface area contributed by atoms with Crippen molar-refractivity contribution in [3.05, 3.63) is 59.2 Å². The number of pyridine rings is 1. The normalized spacial score (nSPS) is 19.8. The van der Waals surface area contributed by atoms with Crippen molar-refractivity contribution in [3.8, 4) is 0 Å². The minimum absolute atomic E-state index is 0.0541. The molecular formula is C29H32F3N5O. The highest BCUT2D eigenvalue weighted by Gasteiger charge is 2.63. The molecule has 1 N–H and O–H groups in total. The van der Waals surface area contributed by atoms with E-state index in [1.165, 1.54) is 12.8 Å². The molecule has 3 aliphatic rings.